The standard InChI is InChI=1S/C10H15IN2/c1-8-3-4-9(6-12-2)5-10(8)7-13-11/h3-5,12-13H,6-7H2,1-2H3. The highest BCUT2D eigenvalue weighted by atomic mass is 127. The first-order valence-corrected chi connectivity index (χ1v) is 5.42. The molecule has 0 heterocycles. The molecule has 3 heteroatoms. The van der Waals surface area contributed by atoms with Crippen molar-refractivity contribution in [2.75, 3.05) is 7.05 Å². The van der Waals surface area contributed by atoms with Crippen molar-refractivity contribution in [3.63, 3.8) is 0 Å². The van der Waals surface area contributed by atoms with E-state index in [4.69, 9.17) is 0 Å². The predicted molar refractivity (Wildman–Crippen MR) is 64.8 cm³/mol. The molecule has 0 aromatic heterocycles. The first-order chi connectivity index (χ1) is 6.27. The molecule has 1 aromatic carbocycles. The van der Waals surface area contributed by atoms with E-state index in [0.717, 1.165) is 13.1 Å². The van der Waals surface area contributed by atoms with Gasteiger partial charge < -0.3 is 5.32 Å². The topological polar surface area (TPSA) is 24.1 Å². The predicted octanol–water partition coefficient (Wildman–Crippen LogP) is 2.15. The van der Waals surface area contributed by atoms with E-state index in [1.165, 1.54) is 16.7 Å². The maximum Gasteiger partial charge on any atom is 0.0304 e. The van der Waals surface area contributed by atoms with Gasteiger partial charge in [0, 0.05) is 36.0 Å². The number of benzene rings is 1. The van der Waals surface area contributed by atoms with E-state index in [1.54, 1.807) is 0 Å². The first kappa shape index (κ1) is 10.9. The average Bonchev–Trinajstić information content (AvgIpc) is 2.12. The number of nitrogens with one attached hydrogen (secondary N) is 2. The Morgan fingerprint density at radius 2 is 2.08 bits per heavy atom. The Morgan fingerprint density at radius 3 is 2.69 bits per heavy atom. The van der Waals surface area contributed by atoms with Gasteiger partial charge in [-0.2, -0.15) is 0 Å². The van der Waals surface area contributed by atoms with Crippen LogP contribution in [0.2, 0.25) is 0 Å². The van der Waals surface area contributed by atoms with Crippen LogP contribution < -0.4 is 8.85 Å². The highest BCUT2D eigenvalue weighted by Gasteiger charge is 1.98. The van der Waals surface area contributed by atoms with Crippen molar-refractivity contribution in [1.82, 2.24) is 8.85 Å². The molecule has 0 aliphatic carbocycles. The Labute approximate surface area is 93.6 Å². The summed E-state index contributed by atoms with van der Waals surface area (Å²) in [5.41, 5.74) is 4.07. The Balaban J connectivity index is 2.83. The van der Waals surface area contributed by atoms with Gasteiger partial charge in [0.15, 0.2) is 0 Å². The van der Waals surface area contributed by atoms with Crippen LogP contribution in [0.5, 0.6) is 0 Å². The lowest BCUT2D eigenvalue weighted by atomic mass is 10.1. The number of halogens is 1. The summed E-state index contributed by atoms with van der Waals surface area (Å²) in [7, 11) is 1.97. The largest absolute Gasteiger partial charge is 0.316 e. The molecule has 0 saturated carbocycles. The van der Waals surface area contributed by atoms with Gasteiger partial charge in [0.05, 0.1) is 0 Å². The second-order valence-corrected chi connectivity index (χ2v) is 3.86. The molecule has 1 rings (SSSR count). The highest BCUT2D eigenvalue weighted by Crippen LogP contribution is 2.11. The SMILES string of the molecule is CNCc1ccc(C)c(CNI)c1. The molecule has 0 aliphatic heterocycles. The Hall–Kier alpha value is -0.130. The second-order valence-electron chi connectivity index (χ2n) is 3.10. The zero-order chi connectivity index (χ0) is 9.68. The Morgan fingerprint density at radius 1 is 1.31 bits per heavy atom. The molecule has 0 atom stereocenters. The minimum Gasteiger partial charge on any atom is -0.316 e. The molecule has 13 heavy (non-hydrogen) atoms. The van der Waals surface area contributed by atoms with E-state index in [9.17, 15) is 0 Å². The van der Waals surface area contributed by atoms with Crippen LogP contribution in [-0.2, 0) is 13.1 Å². The van der Waals surface area contributed by atoms with Gasteiger partial charge in [-0.15, -0.1) is 0 Å². The first-order valence-electron chi connectivity index (χ1n) is 4.34. The van der Waals surface area contributed by atoms with Gasteiger partial charge in [-0.05, 0) is 30.7 Å². The molecule has 72 valence electrons. The van der Waals surface area contributed by atoms with Crippen molar-refractivity contribution < 1.29 is 0 Å². The van der Waals surface area contributed by atoms with E-state index in [0.29, 0.717) is 0 Å². The van der Waals surface area contributed by atoms with Crippen molar-refractivity contribution >= 4 is 22.9 Å². The normalized spacial score (nSPS) is 10.4. The van der Waals surface area contributed by atoms with E-state index in [2.05, 4.69) is 56.8 Å². The molecular weight excluding hydrogens is 275 g/mol. The molecule has 0 fully saturated rings. The van der Waals surface area contributed by atoms with Gasteiger partial charge in [0.2, 0.25) is 0 Å². The molecule has 0 unspecified atom stereocenters. The molecule has 0 amide bonds. The summed E-state index contributed by atoms with van der Waals surface area (Å²) in [5.74, 6) is 0. The fourth-order valence-corrected chi connectivity index (χ4v) is 1.71. The van der Waals surface area contributed by atoms with Crippen molar-refractivity contribution in [3.8, 4) is 0 Å². The third kappa shape index (κ3) is 3.25. The van der Waals surface area contributed by atoms with Crippen molar-refractivity contribution in [3.05, 3.63) is 34.9 Å². The van der Waals surface area contributed by atoms with E-state index >= 15 is 0 Å². The van der Waals surface area contributed by atoms with Crippen LogP contribution >= 0.6 is 22.9 Å². The summed E-state index contributed by atoms with van der Waals surface area (Å²) < 4.78 is 3.14. The fourth-order valence-electron chi connectivity index (χ4n) is 1.30. The van der Waals surface area contributed by atoms with E-state index in [1.807, 2.05) is 7.05 Å². The summed E-state index contributed by atoms with van der Waals surface area (Å²) >= 11 is 2.18. The molecule has 0 bridgehead atoms. The lowest BCUT2D eigenvalue weighted by molar-refractivity contribution is 0.814. The number of rotatable bonds is 4. The van der Waals surface area contributed by atoms with E-state index < -0.39 is 0 Å². The zero-order valence-corrected chi connectivity index (χ0v) is 10.2. The monoisotopic (exact) mass is 290 g/mol. The third-order valence-corrected chi connectivity index (χ3v) is 2.43. The maximum atomic E-state index is 3.15. The molecule has 0 spiro atoms. The summed E-state index contributed by atoms with van der Waals surface area (Å²) in [5, 5.41) is 3.15. The molecule has 0 saturated heterocycles. The van der Waals surface area contributed by atoms with Gasteiger partial charge in [-0.1, -0.05) is 18.2 Å². The Kier molecular flexibility index (Phi) is 4.69. The van der Waals surface area contributed by atoms with Crippen molar-refractivity contribution in [2.24, 2.45) is 0 Å². The van der Waals surface area contributed by atoms with Crippen LogP contribution in [0, 0.1) is 6.92 Å². The molecular formula is C10H15IN2. The van der Waals surface area contributed by atoms with Crippen LogP contribution in [0.25, 0.3) is 0 Å². The van der Waals surface area contributed by atoms with Crippen LogP contribution in [0.3, 0.4) is 0 Å². The average molecular weight is 290 g/mol. The Bertz CT molecular complexity index is 274. The van der Waals surface area contributed by atoms with Crippen molar-refractivity contribution in [1.29, 1.82) is 0 Å². The van der Waals surface area contributed by atoms with Gasteiger partial charge >= 0.3 is 0 Å². The maximum absolute atomic E-state index is 3.15. The van der Waals surface area contributed by atoms with Crippen LogP contribution in [-0.4, -0.2) is 7.05 Å². The lowest BCUT2D eigenvalue weighted by Gasteiger charge is -2.07. The zero-order valence-electron chi connectivity index (χ0n) is 8.02. The number of hydrogen-bond acceptors (Lipinski definition) is 2. The van der Waals surface area contributed by atoms with Gasteiger partial charge in [-0.25, -0.2) is 0 Å². The minimum absolute atomic E-state index is 0.934. The summed E-state index contributed by atoms with van der Waals surface area (Å²) in [4.78, 5) is 0. The molecule has 0 radical (unpaired) electrons. The van der Waals surface area contributed by atoms with Gasteiger partial charge in [0.25, 0.3) is 0 Å². The second kappa shape index (κ2) is 5.57. The summed E-state index contributed by atoms with van der Waals surface area (Å²) in [6.07, 6.45) is 0. The smallest absolute Gasteiger partial charge is 0.0304 e. The number of hydrogen-bond donors (Lipinski definition) is 2. The summed E-state index contributed by atoms with van der Waals surface area (Å²) in [6, 6.07) is 6.59. The molecule has 2 N–H and O–H groups in total. The number of aryl methyl sites for hydroxylation is 1. The summed E-state index contributed by atoms with van der Waals surface area (Å²) in [6.45, 7) is 4.02. The van der Waals surface area contributed by atoms with Crippen LogP contribution in [0.1, 0.15) is 16.7 Å². The van der Waals surface area contributed by atoms with Gasteiger partial charge in [0.1, 0.15) is 0 Å². The van der Waals surface area contributed by atoms with Gasteiger partial charge in [-0.3, -0.25) is 3.53 Å². The van der Waals surface area contributed by atoms with E-state index in [-0.39, 0.29) is 0 Å². The molecule has 1 aromatic rings. The molecule has 0 aliphatic rings. The fraction of sp³-hybridized carbons (Fsp3) is 0.400. The molecule has 2 nitrogen and oxygen atoms in total. The van der Waals surface area contributed by atoms with Crippen LogP contribution in [0.4, 0.5) is 0 Å². The quantitative estimate of drug-likeness (QED) is 0.656. The lowest BCUT2D eigenvalue weighted by Crippen LogP contribution is -2.07. The van der Waals surface area contributed by atoms with Crippen LogP contribution in [0.15, 0.2) is 18.2 Å². The third-order valence-electron chi connectivity index (χ3n) is 2.05. The minimum atomic E-state index is 0.934. The van der Waals surface area contributed by atoms with Crippen molar-refractivity contribution in [2.45, 2.75) is 20.0 Å². The highest BCUT2D eigenvalue weighted by molar-refractivity contribution is 14.1.